The van der Waals surface area contributed by atoms with Gasteiger partial charge in [-0.05, 0) is 31.5 Å². The molecule has 1 rings (SSSR count). The Hall–Kier alpha value is -1.46. The Morgan fingerprint density at radius 1 is 1.35 bits per heavy atom. The number of nitrogens with one attached hydrogen (secondary N) is 1. The number of hydrogen-bond donors (Lipinski definition) is 2. The van der Waals surface area contributed by atoms with Crippen LogP contribution in [-0.2, 0) is 16.0 Å². The Bertz CT molecular complexity index is 505. The Morgan fingerprint density at radius 3 is 2.50 bits per heavy atom. The molecule has 0 aromatic heterocycles. The van der Waals surface area contributed by atoms with Gasteiger partial charge in [-0.1, -0.05) is 29.3 Å². The summed E-state index contributed by atoms with van der Waals surface area (Å²) in [4.78, 5) is 22.6. The number of halogens is 2. The van der Waals surface area contributed by atoms with Crippen molar-refractivity contribution in [1.82, 2.24) is 5.32 Å². The third kappa shape index (κ3) is 5.27. The number of carboxylic acids is 1. The fourth-order valence-corrected chi connectivity index (χ4v) is 1.98. The van der Waals surface area contributed by atoms with E-state index in [1.54, 1.807) is 26.0 Å². The maximum atomic E-state index is 11.4. The first kappa shape index (κ1) is 16.6. The Balaban J connectivity index is 2.77. The summed E-state index contributed by atoms with van der Waals surface area (Å²) < 4.78 is 4.85. The fourth-order valence-electron chi connectivity index (χ4n) is 1.50. The smallest absolute Gasteiger partial charge is 0.408 e. The van der Waals surface area contributed by atoms with Gasteiger partial charge in [0.25, 0.3) is 0 Å². The average Bonchev–Trinajstić information content (AvgIpc) is 2.30. The summed E-state index contributed by atoms with van der Waals surface area (Å²) >= 11 is 11.7. The lowest BCUT2D eigenvalue weighted by molar-refractivity contribution is -0.139. The summed E-state index contributed by atoms with van der Waals surface area (Å²) in [5, 5.41) is 12.2. The maximum Gasteiger partial charge on any atom is 0.408 e. The number of ether oxygens (including phenoxy) is 1. The van der Waals surface area contributed by atoms with Crippen molar-refractivity contribution in [3.8, 4) is 0 Å². The number of carbonyl (C=O) groups excluding carboxylic acids is 1. The van der Waals surface area contributed by atoms with Crippen LogP contribution in [0.1, 0.15) is 19.4 Å². The molecule has 0 aliphatic rings. The summed E-state index contributed by atoms with van der Waals surface area (Å²) in [7, 11) is 0. The van der Waals surface area contributed by atoms with Gasteiger partial charge in [0, 0.05) is 16.5 Å². The second-order valence-corrected chi connectivity index (χ2v) is 5.27. The van der Waals surface area contributed by atoms with Gasteiger partial charge in [0.15, 0.2) is 0 Å². The van der Waals surface area contributed by atoms with Crippen LogP contribution in [0.15, 0.2) is 18.2 Å². The molecule has 0 heterocycles. The Kier molecular flexibility index (Phi) is 6.10. The summed E-state index contributed by atoms with van der Waals surface area (Å²) in [6.07, 6.45) is -1.07. The first-order valence-corrected chi connectivity index (χ1v) is 6.69. The third-order valence-corrected chi connectivity index (χ3v) is 2.96. The van der Waals surface area contributed by atoms with Crippen molar-refractivity contribution in [2.24, 2.45) is 0 Å². The maximum absolute atomic E-state index is 11.4. The average molecular weight is 320 g/mol. The van der Waals surface area contributed by atoms with E-state index in [2.05, 4.69) is 5.32 Å². The highest BCUT2D eigenvalue weighted by Gasteiger charge is 2.22. The number of benzene rings is 1. The van der Waals surface area contributed by atoms with Gasteiger partial charge in [-0.3, -0.25) is 0 Å². The van der Waals surface area contributed by atoms with Crippen molar-refractivity contribution in [3.63, 3.8) is 0 Å². The van der Waals surface area contributed by atoms with E-state index in [4.69, 9.17) is 33.0 Å². The SMILES string of the molecule is CC(C)OC(=O)N[C@H](Cc1ccc(Cl)cc1Cl)C(=O)O. The number of carbonyl (C=O) groups is 2. The molecule has 5 nitrogen and oxygen atoms in total. The highest BCUT2D eigenvalue weighted by Crippen LogP contribution is 2.22. The topological polar surface area (TPSA) is 75.6 Å². The van der Waals surface area contributed by atoms with Gasteiger partial charge in [-0.25, -0.2) is 9.59 Å². The molecule has 2 N–H and O–H groups in total. The van der Waals surface area contributed by atoms with Gasteiger partial charge in [0.2, 0.25) is 0 Å². The van der Waals surface area contributed by atoms with Gasteiger partial charge in [0.1, 0.15) is 6.04 Å². The fraction of sp³-hybridized carbons (Fsp3) is 0.385. The van der Waals surface area contributed by atoms with Crippen LogP contribution in [0.3, 0.4) is 0 Å². The van der Waals surface area contributed by atoms with Gasteiger partial charge in [0.05, 0.1) is 6.10 Å². The standard InChI is InChI=1S/C13H15Cl2NO4/c1-7(2)20-13(19)16-11(12(17)18)5-8-3-4-9(14)6-10(8)15/h3-4,6-7,11H,5H2,1-2H3,(H,16,19)(H,17,18)/t11-/m1/s1. The predicted octanol–water partition coefficient (Wildman–Crippen LogP) is 3.12. The van der Waals surface area contributed by atoms with Crippen LogP contribution in [0.5, 0.6) is 0 Å². The number of hydrogen-bond acceptors (Lipinski definition) is 3. The molecule has 1 aromatic carbocycles. The Labute approximate surface area is 126 Å². The predicted molar refractivity (Wildman–Crippen MR) is 76.3 cm³/mol. The van der Waals surface area contributed by atoms with Crippen LogP contribution in [0.2, 0.25) is 10.0 Å². The van der Waals surface area contributed by atoms with E-state index in [9.17, 15) is 9.59 Å². The van der Waals surface area contributed by atoms with Crippen LogP contribution >= 0.6 is 23.2 Å². The summed E-state index contributed by atoms with van der Waals surface area (Å²) in [6.45, 7) is 3.34. The number of rotatable bonds is 5. The third-order valence-electron chi connectivity index (χ3n) is 2.37. The molecule has 0 saturated heterocycles. The zero-order chi connectivity index (χ0) is 15.3. The van der Waals surface area contributed by atoms with Crippen molar-refractivity contribution in [2.75, 3.05) is 0 Å². The molecule has 7 heteroatoms. The van der Waals surface area contributed by atoms with Crippen LogP contribution in [-0.4, -0.2) is 29.3 Å². The zero-order valence-corrected chi connectivity index (χ0v) is 12.5. The summed E-state index contributed by atoms with van der Waals surface area (Å²) in [5.41, 5.74) is 0.577. The van der Waals surface area contributed by atoms with E-state index in [1.807, 2.05) is 0 Å². The van der Waals surface area contributed by atoms with Crippen molar-refractivity contribution in [1.29, 1.82) is 0 Å². The number of amides is 1. The molecule has 0 radical (unpaired) electrons. The largest absolute Gasteiger partial charge is 0.480 e. The van der Waals surface area contributed by atoms with Crippen molar-refractivity contribution in [3.05, 3.63) is 33.8 Å². The minimum atomic E-state index is -1.17. The molecule has 0 bridgehead atoms. The second-order valence-electron chi connectivity index (χ2n) is 4.43. The van der Waals surface area contributed by atoms with Crippen LogP contribution in [0.4, 0.5) is 4.79 Å². The lowest BCUT2D eigenvalue weighted by Crippen LogP contribution is -2.43. The highest BCUT2D eigenvalue weighted by atomic mass is 35.5. The molecule has 0 aliphatic carbocycles. The van der Waals surface area contributed by atoms with Crippen molar-refractivity contribution >= 4 is 35.3 Å². The molecular weight excluding hydrogens is 305 g/mol. The van der Waals surface area contributed by atoms with E-state index in [-0.39, 0.29) is 12.5 Å². The van der Waals surface area contributed by atoms with Crippen LogP contribution in [0, 0.1) is 0 Å². The van der Waals surface area contributed by atoms with E-state index in [0.29, 0.717) is 15.6 Å². The van der Waals surface area contributed by atoms with E-state index < -0.39 is 18.1 Å². The van der Waals surface area contributed by atoms with Gasteiger partial charge in [-0.15, -0.1) is 0 Å². The molecule has 1 atom stereocenters. The summed E-state index contributed by atoms with van der Waals surface area (Å²) in [6, 6.07) is 3.62. The van der Waals surface area contributed by atoms with Crippen LogP contribution < -0.4 is 5.32 Å². The molecular formula is C13H15Cl2NO4. The quantitative estimate of drug-likeness (QED) is 0.874. The number of aliphatic carboxylic acids is 1. The first-order valence-electron chi connectivity index (χ1n) is 5.93. The zero-order valence-electron chi connectivity index (χ0n) is 11.0. The second kappa shape index (κ2) is 7.36. The summed E-state index contributed by atoms with van der Waals surface area (Å²) in [5.74, 6) is -1.17. The minimum absolute atomic E-state index is 0.0402. The molecule has 1 aromatic rings. The molecule has 110 valence electrons. The molecule has 0 spiro atoms. The molecule has 0 saturated carbocycles. The number of alkyl carbamates (subject to hydrolysis) is 1. The molecule has 0 aliphatic heterocycles. The van der Waals surface area contributed by atoms with E-state index in [0.717, 1.165) is 0 Å². The minimum Gasteiger partial charge on any atom is -0.480 e. The molecule has 20 heavy (non-hydrogen) atoms. The van der Waals surface area contributed by atoms with Gasteiger partial charge in [-0.2, -0.15) is 0 Å². The van der Waals surface area contributed by atoms with E-state index >= 15 is 0 Å². The number of carboxylic acid groups (broad SMARTS) is 1. The molecule has 0 fully saturated rings. The van der Waals surface area contributed by atoms with Gasteiger partial charge >= 0.3 is 12.1 Å². The van der Waals surface area contributed by atoms with Gasteiger partial charge < -0.3 is 15.2 Å². The van der Waals surface area contributed by atoms with E-state index in [1.165, 1.54) is 6.07 Å². The Morgan fingerprint density at radius 2 is 2.00 bits per heavy atom. The van der Waals surface area contributed by atoms with Crippen molar-refractivity contribution in [2.45, 2.75) is 32.4 Å². The first-order chi connectivity index (χ1) is 9.29. The normalized spacial score (nSPS) is 12.1. The van der Waals surface area contributed by atoms with Crippen LogP contribution in [0.25, 0.3) is 0 Å². The lowest BCUT2D eigenvalue weighted by Gasteiger charge is -2.16. The lowest BCUT2D eigenvalue weighted by atomic mass is 10.1. The molecule has 0 unspecified atom stereocenters. The highest BCUT2D eigenvalue weighted by molar-refractivity contribution is 6.35. The van der Waals surface area contributed by atoms with Crippen molar-refractivity contribution < 1.29 is 19.4 Å². The molecule has 1 amide bonds. The monoisotopic (exact) mass is 319 g/mol.